The fraction of sp³-hybridized carbons (Fsp3) is 0.500. The van der Waals surface area contributed by atoms with Gasteiger partial charge in [-0.2, -0.15) is 0 Å². The van der Waals surface area contributed by atoms with Gasteiger partial charge in [0.15, 0.2) is 5.58 Å². The second-order valence-electron chi connectivity index (χ2n) is 4.99. The van der Waals surface area contributed by atoms with Crippen LogP contribution in [0.3, 0.4) is 0 Å². The SMILES string of the molecule is CCn1c(=O)oc2cc(C(Cl)CC3CC3)ccc21. The van der Waals surface area contributed by atoms with Gasteiger partial charge in [0.1, 0.15) is 0 Å². The molecule has 1 fully saturated rings. The van der Waals surface area contributed by atoms with Crippen molar-refractivity contribution in [2.75, 3.05) is 0 Å². The van der Waals surface area contributed by atoms with Crippen molar-refractivity contribution >= 4 is 22.7 Å². The molecule has 1 aliphatic rings. The third-order valence-electron chi connectivity index (χ3n) is 3.61. The molecule has 2 aromatic rings. The van der Waals surface area contributed by atoms with Crippen molar-refractivity contribution in [1.29, 1.82) is 0 Å². The molecule has 0 saturated heterocycles. The van der Waals surface area contributed by atoms with Gasteiger partial charge >= 0.3 is 5.76 Å². The zero-order valence-electron chi connectivity index (χ0n) is 10.4. The molecule has 0 spiro atoms. The van der Waals surface area contributed by atoms with Gasteiger partial charge in [0.2, 0.25) is 0 Å². The number of benzene rings is 1. The largest absolute Gasteiger partial charge is 0.419 e. The number of hydrogen-bond donors (Lipinski definition) is 0. The second kappa shape index (κ2) is 4.47. The summed E-state index contributed by atoms with van der Waals surface area (Å²) < 4.78 is 6.88. The van der Waals surface area contributed by atoms with Crippen LogP contribution in [0.4, 0.5) is 0 Å². The molecule has 0 bridgehead atoms. The number of nitrogens with zero attached hydrogens (tertiary/aromatic N) is 1. The lowest BCUT2D eigenvalue weighted by molar-refractivity contribution is 0.513. The predicted octanol–water partition coefficient (Wildman–Crippen LogP) is 3.69. The highest BCUT2D eigenvalue weighted by atomic mass is 35.5. The van der Waals surface area contributed by atoms with E-state index in [1.165, 1.54) is 12.8 Å². The normalized spacial score (nSPS) is 17.2. The van der Waals surface area contributed by atoms with Gasteiger partial charge in [-0.1, -0.05) is 18.9 Å². The van der Waals surface area contributed by atoms with E-state index in [4.69, 9.17) is 16.0 Å². The molecule has 1 heterocycles. The van der Waals surface area contributed by atoms with Gasteiger partial charge in [-0.05, 0) is 37.0 Å². The average molecular weight is 266 g/mol. The van der Waals surface area contributed by atoms with Crippen LogP contribution in [0.1, 0.15) is 37.1 Å². The number of oxazole rings is 1. The van der Waals surface area contributed by atoms with E-state index >= 15 is 0 Å². The quantitative estimate of drug-likeness (QED) is 0.790. The van der Waals surface area contributed by atoms with Crippen molar-refractivity contribution in [3.05, 3.63) is 34.3 Å². The van der Waals surface area contributed by atoms with Crippen LogP contribution in [-0.2, 0) is 6.54 Å². The Bertz CT molecular complexity index is 624. The van der Waals surface area contributed by atoms with Crippen molar-refractivity contribution in [3.8, 4) is 0 Å². The summed E-state index contributed by atoms with van der Waals surface area (Å²) in [7, 11) is 0. The van der Waals surface area contributed by atoms with Crippen LogP contribution in [-0.4, -0.2) is 4.57 Å². The summed E-state index contributed by atoms with van der Waals surface area (Å²) in [5.74, 6) is 0.494. The standard InChI is InChI=1S/C14H16ClNO2/c1-2-16-12-6-5-10(8-13(12)18-14(16)17)11(15)7-9-3-4-9/h5-6,8-9,11H,2-4,7H2,1H3. The Morgan fingerprint density at radius 3 is 2.94 bits per heavy atom. The lowest BCUT2D eigenvalue weighted by Gasteiger charge is -2.08. The molecule has 96 valence electrons. The van der Waals surface area contributed by atoms with Gasteiger partial charge in [-0.25, -0.2) is 4.79 Å². The summed E-state index contributed by atoms with van der Waals surface area (Å²) in [6, 6.07) is 5.84. The Morgan fingerprint density at radius 1 is 1.50 bits per heavy atom. The number of rotatable bonds is 4. The molecule has 0 N–H and O–H groups in total. The minimum atomic E-state index is -0.294. The Kier molecular flexibility index (Phi) is 2.94. The molecule has 1 aromatic heterocycles. The second-order valence-corrected chi connectivity index (χ2v) is 5.51. The number of aryl methyl sites for hydroxylation is 1. The van der Waals surface area contributed by atoms with Gasteiger partial charge in [0, 0.05) is 6.54 Å². The Balaban J connectivity index is 1.97. The fourth-order valence-corrected chi connectivity index (χ4v) is 2.75. The molecule has 1 saturated carbocycles. The Labute approximate surface area is 110 Å². The summed E-state index contributed by atoms with van der Waals surface area (Å²) in [5, 5.41) is 0.0252. The average Bonchev–Trinajstić information content (AvgIpc) is 3.09. The minimum absolute atomic E-state index is 0.0252. The molecule has 1 unspecified atom stereocenters. The fourth-order valence-electron chi connectivity index (χ4n) is 2.36. The summed E-state index contributed by atoms with van der Waals surface area (Å²) in [4.78, 5) is 11.6. The first-order valence-corrected chi connectivity index (χ1v) is 6.90. The van der Waals surface area contributed by atoms with Gasteiger partial charge in [0.05, 0.1) is 10.9 Å². The van der Waals surface area contributed by atoms with Crippen LogP contribution in [0.5, 0.6) is 0 Å². The van der Waals surface area contributed by atoms with Gasteiger partial charge in [-0.15, -0.1) is 11.6 Å². The van der Waals surface area contributed by atoms with Crippen LogP contribution in [0.25, 0.3) is 11.1 Å². The molecule has 4 heteroatoms. The zero-order chi connectivity index (χ0) is 12.7. The Morgan fingerprint density at radius 2 is 2.28 bits per heavy atom. The third kappa shape index (κ3) is 2.07. The number of fused-ring (bicyclic) bond motifs is 1. The van der Waals surface area contributed by atoms with Crippen molar-refractivity contribution in [2.45, 2.75) is 38.1 Å². The molecular weight excluding hydrogens is 250 g/mol. The monoisotopic (exact) mass is 265 g/mol. The number of halogens is 1. The summed E-state index contributed by atoms with van der Waals surface area (Å²) in [6.45, 7) is 2.55. The van der Waals surface area contributed by atoms with Crippen LogP contribution in [0.2, 0.25) is 0 Å². The highest BCUT2D eigenvalue weighted by Gasteiger charge is 2.25. The maximum atomic E-state index is 11.6. The van der Waals surface area contributed by atoms with Gasteiger partial charge in [-0.3, -0.25) is 4.57 Å². The molecule has 0 aliphatic heterocycles. The van der Waals surface area contributed by atoms with E-state index < -0.39 is 0 Å². The third-order valence-corrected chi connectivity index (χ3v) is 4.04. The van der Waals surface area contributed by atoms with Gasteiger partial charge < -0.3 is 4.42 Å². The molecule has 0 amide bonds. The highest BCUT2D eigenvalue weighted by Crippen LogP contribution is 2.40. The van der Waals surface area contributed by atoms with Crippen LogP contribution < -0.4 is 5.76 Å². The maximum absolute atomic E-state index is 11.6. The molecule has 3 rings (SSSR count). The van der Waals surface area contributed by atoms with Crippen LogP contribution >= 0.6 is 11.6 Å². The molecule has 1 aromatic carbocycles. The first-order chi connectivity index (χ1) is 8.69. The number of hydrogen-bond acceptors (Lipinski definition) is 2. The van der Waals surface area contributed by atoms with Crippen molar-refractivity contribution in [2.24, 2.45) is 5.92 Å². The molecular formula is C14H16ClNO2. The zero-order valence-corrected chi connectivity index (χ0v) is 11.1. The smallest absolute Gasteiger partial charge is 0.408 e. The van der Waals surface area contributed by atoms with Gasteiger partial charge in [0.25, 0.3) is 0 Å². The lowest BCUT2D eigenvalue weighted by atomic mass is 10.1. The highest BCUT2D eigenvalue weighted by molar-refractivity contribution is 6.20. The first kappa shape index (κ1) is 11.8. The van der Waals surface area contributed by atoms with Crippen LogP contribution in [0.15, 0.2) is 27.4 Å². The maximum Gasteiger partial charge on any atom is 0.419 e. The van der Waals surface area contributed by atoms with E-state index in [2.05, 4.69) is 0 Å². The number of aromatic nitrogens is 1. The van der Waals surface area contributed by atoms with Crippen molar-refractivity contribution < 1.29 is 4.42 Å². The summed E-state index contributed by atoms with van der Waals surface area (Å²) in [6.07, 6.45) is 3.62. The summed E-state index contributed by atoms with van der Waals surface area (Å²) in [5.41, 5.74) is 2.54. The molecule has 1 atom stereocenters. The molecule has 18 heavy (non-hydrogen) atoms. The van der Waals surface area contributed by atoms with E-state index in [1.807, 2.05) is 25.1 Å². The van der Waals surface area contributed by atoms with E-state index in [1.54, 1.807) is 4.57 Å². The molecule has 1 aliphatic carbocycles. The number of alkyl halides is 1. The molecule has 3 nitrogen and oxygen atoms in total. The van der Waals surface area contributed by atoms with Crippen LogP contribution in [0, 0.1) is 5.92 Å². The first-order valence-electron chi connectivity index (χ1n) is 6.46. The van der Waals surface area contributed by atoms with E-state index in [-0.39, 0.29) is 11.1 Å². The van der Waals surface area contributed by atoms with Crippen molar-refractivity contribution in [1.82, 2.24) is 4.57 Å². The van der Waals surface area contributed by atoms with E-state index in [0.29, 0.717) is 12.1 Å². The molecule has 0 radical (unpaired) electrons. The Hall–Kier alpha value is -1.22. The minimum Gasteiger partial charge on any atom is -0.408 e. The lowest BCUT2D eigenvalue weighted by Crippen LogP contribution is -2.11. The topological polar surface area (TPSA) is 35.1 Å². The van der Waals surface area contributed by atoms with Crippen molar-refractivity contribution in [3.63, 3.8) is 0 Å². The predicted molar refractivity (Wildman–Crippen MR) is 72.1 cm³/mol. The van der Waals surface area contributed by atoms with E-state index in [0.717, 1.165) is 23.4 Å². The van der Waals surface area contributed by atoms with E-state index in [9.17, 15) is 4.79 Å². The summed E-state index contributed by atoms with van der Waals surface area (Å²) >= 11 is 6.40.